The van der Waals surface area contributed by atoms with Crippen LogP contribution in [0.1, 0.15) is 18.4 Å². The Balaban J connectivity index is 1.43. The molecule has 0 radical (unpaired) electrons. The SMILES string of the molecule is COc1ccc2c(CC(=O)N3CCC4(CC3)OCCO4)coc2c1. The number of nitrogens with zero attached hydrogens (tertiary/aromatic N) is 1. The zero-order chi connectivity index (χ0) is 16.6. The first kappa shape index (κ1) is 15.5. The molecule has 128 valence electrons. The summed E-state index contributed by atoms with van der Waals surface area (Å²) in [4.78, 5) is 14.5. The molecule has 0 bridgehead atoms. The molecule has 1 aromatic heterocycles. The number of carbonyl (C=O) groups excluding carboxylic acids is 1. The fourth-order valence-electron chi connectivity index (χ4n) is 3.48. The van der Waals surface area contributed by atoms with Gasteiger partial charge in [-0.2, -0.15) is 0 Å². The minimum Gasteiger partial charge on any atom is -0.497 e. The molecule has 0 atom stereocenters. The quantitative estimate of drug-likeness (QED) is 0.864. The maximum Gasteiger partial charge on any atom is 0.227 e. The van der Waals surface area contributed by atoms with Crippen LogP contribution < -0.4 is 4.74 Å². The summed E-state index contributed by atoms with van der Waals surface area (Å²) in [5.41, 5.74) is 1.65. The van der Waals surface area contributed by atoms with E-state index in [1.807, 2.05) is 23.1 Å². The van der Waals surface area contributed by atoms with Gasteiger partial charge in [0.25, 0.3) is 0 Å². The lowest BCUT2D eigenvalue weighted by atomic mass is 10.0. The number of furan rings is 1. The molecule has 0 saturated carbocycles. The second-order valence-corrected chi connectivity index (χ2v) is 6.29. The highest BCUT2D eigenvalue weighted by atomic mass is 16.7. The average molecular weight is 331 g/mol. The molecule has 0 unspecified atom stereocenters. The molecule has 0 N–H and O–H groups in total. The van der Waals surface area contributed by atoms with E-state index in [0.29, 0.717) is 32.7 Å². The topological polar surface area (TPSA) is 61.1 Å². The summed E-state index contributed by atoms with van der Waals surface area (Å²) >= 11 is 0. The lowest BCUT2D eigenvalue weighted by molar-refractivity contribution is -0.187. The van der Waals surface area contributed by atoms with Crippen LogP contribution >= 0.6 is 0 Å². The van der Waals surface area contributed by atoms with E-state index in [4.69, 9.17) is 18.6 Å². The molecule has 3 heterocycles. The number of carbonyl (C=O) groups is 1. The largest absolute Gasteiger partial charge is 0.497 e. The summed E-state index contributed by atoms with van der Waals surface area (Å²) in [7, 11) is 1.62. The number of hydrogen-bond acceptors (Lipinski definition) is 5. The number of hydrogen-bond donors (Lipinski definition) is 0. The highest BCUT2D eigenvalue weighted by Crippen LogP contribution is 2.32. The monoisotopic (exact) mass is 331 g/mol. The molecule has 6 heteroatoms. The van der Waals surface area contributed by atoms with E-state index in [-0.39, 0.29) is 5.91 Å². The van der Waals surface area contributed by atoms with Crippen molar-refractivity contribution < 1.29 is 23.4 Å². The predicted octanol–water partition coefficient (Wildman–Crippen LogP) is 2.35. The van der Waals surface area contributed by atoms with Gasteiger partial charge >= 0.3 is 0 Å². The summed E-state index contributed by atoms with van der Waals surface area (Å²) in [6.07, 6.45) is 3.48. The molecule has 0 aliphatic carbocycles. The maximum atomic E-state index is 12.6. The van der Waals surface area contributed by atoms with Gasteiger partial charge in [-0.3, -0.25) is 4.79 Å². The van der Waals surface area contributed by atoms with Gasteiger partial charge in [-0.15, -0.1) is 0 Å². The van der Waals surface area contributed by atoms with Gasteiger partial charge in [0.2, 0.25) is 5.91 Å². The molecule has 2 saturated heterocycles. The molecular weight excluding hydrogens is 310 g/mol. The van der Waals surface area contributed by atoms with Crippen LogP contribution in [0.3, 0.4) is 0 Å². The van der Waals surface area contributed by atoms with Gasteiger partial charge in [0.15, 0.2) is 5.79 Å². The van der Waals surface area contributed by atoms with E-state index in [1.54, 1.807) is 13.4 Å². The Labute approximate surface area is 140 Å². The van der Waals surface area contributed by atoms with Crippen LogP contribution in [0.5, 0.6) is 5.75 Å². The molecule has 2 aliphatic heterocycles. The van der Waals surface area contributed by atoms with Gasteiger partial charge in [-0.05, 0) is 12.1 Å². The van der Waals surface area contributed by atoms with E-state index in [1.165, 1.54) is 0 Å². The summed E-state index contributed by atoms with van der Waals surface area (Å²) in [5, 5.41) is 0.958. The molecule has 24 heavy (non-hydrogen) atoms. The zero-order valence-electron chi connectivity index (χ0n) is 13.7. The minimum absolute atomic E-state index is 0.112. The second-order valence-electron chi connectivity index (χ2n) is 6.29. The number of piperidine rings is 1. The number of methoxy groups -OCH3 is 1. The zero-order valence-corrected chi connectivity index (χ0v) is 13.7. The van der Waals surface area contributed by atoms with Crippen molar-refractivity contribution >= 4 is 16.9 Å². The molecular formula is C18H21NO5. The van der Waals surface area contributed by atoms with Gasteiger partial charge in [0.1, 0.15) is 11.3 Å². The summed E-state index contributed by atoms with van der Waals surface area (Å²) in [6.45, 7) is 2.64. The first-order valence-corrected chi connectivity index (χ1v) is 8.29. The molecule has 2 aromatic rings. The van der Waals surface area contributed by atoms with E-state index in [0.717, 1.165) is 35.1 Å². The molecule has 1 amide bonds. The van der Waals surface area contributed by atoms with Crippen LogP contribution in [-0.4, -0.2) is 50.0 Å². The van der Waals surface area contributed by atoms with Crippen molar-refractivity contribution in [1.29, 1.82) is 0 Å². The Morgan fingerprint density at radius 3 is 2.71 bits per heavy atom. The molecule has 6 nitrogen and oxygen atoms in total. The van der Waals surface area contributed by atoms with E-state index in [2.05, 4.69) is 0 Å². The van der Waals surface area contributed by atoms with Crippen molar-refractivity contribution in [2.75, 3.05) is 33.4 Å². The third-order valence-corrected chi connectivity index (χ3v) is 4.90. The third kappa shape index (κ3) is 2.76. The first-order chi connectivity index (χ1) is 11.7. The smallest absolute Gasteiger partial charge is 0.227 e. The molecule has 1 spiro atoms. The standard InChI is InChI=1S/C18H21NO5/c1-21-14-2-3-15-13(12-22-16(15)11-14)10-17(20)19-6-4-18(5-7-19)23-8-9-24-18/h2-3,11-12H,4-10H2,1H3. The summed E-state index contributed by atoms with van der Waals surface area (Å²) in [5.74, 6) is 0.407. The number of fused-ring (bicyclic) bond motifs is 1. The van der Waals surface area contributed by atoms with E-state index >= 15 is 0 Å². The predicted molar refractivity (Wildman–Crippen MR) is 86.9 cm³/mol. The summed E-state index contributed by atoms with van der Waals surface area (Å²) in [6, 6.07) is 5.65. The van der Waals surface area contributed by atoms with Gasteiger partial charge in [-0.1, -0.05) is 0 Å². The van der Waals surface area contributed by atoms with Gasteiger partial charge in [0, 0.05) is 42.9 Å². The second kappa shape index (κ2) is 6.11. The number of amides is 1. The van der Waals surface area contributed by atoms with Crippen molar-refractivity contribution in [2.24, 2.45) is 0 Å². The fourth-order valence-corrected chi connectivity index (χ4v) is 3.48. The normalized spacial score (nSPS) is 20.0. The molecule has 2 fully saturated rings. The van der Waals surface area contributed by atoms with Crippen LogP contribution in [-0.2, 0) is 20.7 Å². The number of rotatable bonds is 3. The van der Waals surface area contributed by atoms with Crippen LogP contribution in [0, 0.1) is 0 Å². The first-order valence-electron chi connectivity index (χ1n) is 8.29. The summed E-state index contributed by atoms with van der Waals surface area (Å²) < 4.78 is 22.2. The van der Waals surface area contributed by atoms with Gasteiger partial charge in [0.05, 0.1) is 33.0 Å². The lowest BCUT2D eigenvalue weighted by Crippen LogP contribution is -2.47. The van der Waals surface area contributed by atoms with E-state index < -0.39 is 5.79 Å². The highest BCUT2D eigenvalue weighted by molar-refractivity contribution is 5.88. The van der Waals surface area contributed by atoms with Crippen molar-refractivity contribution in [2.45, 2.75) is 25.0 Å². The van der Waals surface area contributed by atoms with Gasteiger partial charge < -0.3 is 23.5 Å². The molecule has 4 rings (SSSR count). The van der Waals surface area contributed by atoms with Crippen LogP contribution in [0.15, 0.2) is 28.9 Å². The molecule has 2 aliphatic rings. The lowest BCUT2D eigenvalue weighted by Gasteiger charge is -2.37. The Morgan fingerprint density at radius 1 is 1.25 bits per heavy atom. The third-order valence-electron chi connectivity index (χ3n) is 4.90. The van der Waals surface area contributed by atoms with Crippen molar-refractivity contribution in [3.63, 3.8) is 0 Å². The number of benzene rings is 1. The van der Waals surface area contributed by atoms with Crippen molar-refractivity contribution in [3.05, 3.63) is 30.0 Å². The highest BCUT2D eigenvalue weighted by Gasteiger charge is 2.40. The number of likely N-dealkylation sites (tertiary alicyclic amines) is 1. The van der Waals surface area contributed by atoms with Crippen molar-refractivity contribution in [1.82, 2.24) is 4.90 Å². The van der Waals surface area contributed by atoms with Crippen LogP contribution in [0.4, 0.5) is 0 Å². The van der Waals surface area contributed by atoms with Crippen LogP contribution in [0.2, 0.25) is 0 Å². The van der Waals surface area contributed by atoms with Crippen LogP contribution in [0.25, 0.3) is 11.0 Å². The average Bonchev–Trinajstić information content (AvgIpc) is 3.22. The maximum absolute atomic E-state index is 12.6. The minimum atomic E-state index is -0.449. The Kier molecular flexibility index (Phi) is 3.94. The van der Waals surface area contributed by atoms with E-state index in [9.17, 15) is 4.79 Å². The molecule has 1 aromatic carbocycles. The Morgan fingerprint density at radius 2 is 2.00 bits per heavy atom. The van der Waals surface area contributed by atoms with Crippen molar-refractivity contribution in [3.8, 4) is 5.75 Å². The Hall–Kier alpha value is -2.05. The van der Waals surface area contributed by atoms with Gasteiger partial charge in [-0.25, -0.2) is 0 Å². The number of ether oxygens (including phenoxy) is 3. The fraction of sp³-hybridized carbons (Fsp3) is 0.500. The Bertz CT molecular complexity index is 737.